The predicted molar refractivity (Wildman–Crippen MR) is 80.6 cm³/mol. The summed E-state index contributed by atoms with van der Waals surface area (Å²) in [5.74, 6) is 0.827. The minimum atomic E-state index is 0.199. The first-order chi connectivity index (χ1) is 9.63. The lowest BCUT2D eigenvalue weighted by Gasteiger charge is -2.28. The van der Waals surface area contributed by atoms with Crippen LogP contribution in [0.2, 0.25) is 0 Å². The highest BCUT2D eigenvalue weighted by atomic mass is 16.5. The molecular formula is C15H28N4O. The molecule has 0 aliphatic heterocycles. The summed E-state index contributed by atoms with van der Waals surface area (Å²) in [5.41, 5.74) is 7.16. The number of hydrogen-bond donors (Lipinski definition) is 1. The van der Waals surface area contributed by atoms with Crippen molar-refractivity contribution in [2.75, 3.05) is 33.4 Å². The molecule has 1 aliphatic rings. The molecule has 5 nitrogen and oxygen atoms in total. The number of ether oxygens (including phenoxy) is 1. The number of nitrogens with zero attached hydrogens (tertiary/aromatic N) is 3. The fraction of sp³-hybridized carbons (Fsp3) is 0.800. The Balaban J connectivity index is 1.86. The number of aromatic nitrogens is 2. The first-order valence-corrected chi connectivity index (χ1v) is 7.63. The number of nitrogens with two attached hydrogens (primary N) is 1. The first-order valence-electron chi connectivity index (χ1n) is 7.63. The van der Waals surface area contributed by atoms with Crippen molar-refractivity contribution < 1.29 is 4.74 Å². The van der Waals surface area contributed by atoms with Crippen LogP contribution in [-0.2, 0) is 4.74 Å². The van der Waals surface area contributed by atoms with Gasteiger partial charge in [0.25, 0.3) is 0 Å². The van der Waals surface area contributed by atoms with E-state index in [1.807, 2.05) is 12.5 Å². The van der Waals surface area contributed by atoms with Crippen molar-refractivity contribution >= 4 is 0 Å². The van der Waals surface area contributed by atoms with Gasteiger partial charge in [-0.05, 0) is 39.7 Å². The summed E-state index contributed by atoms with van der Waals surface area (Å²) in [4.78, 5) is 6.54. The fourth-order valence-corrected chi connectivity index (χ4v) is 2.43. The third-order valence-electron chi connectivity index (χ3n) is 3.99. The average Bonchev–Trinajstić information content (AvgIpc) is 3.11. The monoisotopic (exact) mass is 280 g/mol. The van der Waals surface area contributed by atoms with Gasteiger partial charge in [-0.1, -0.05) is 0 Å². The van der Waals surface area contributed by atoms with E-state index in [0.717, 1.165) is 25.7 Å². The van der Waals surface area contributed by atoms with Gasteiger partial charge in [-0.3, -0.25) is 4.90 Å². The van der Waals surface area contributed by atoms with Gasteiger partial charge in [0.05, 0.1) is 24.7 Å². The Hall–Kier alpha value is -0.910. The molecule has 1 fully saturated rings. The molecule has 1 atom stereocenters. The highest BCUT2D eigenvalue weighted by Gasteiger charge is 2.22. The molecule has 114 valence electrons. The molecule has 0 spiro atoms. The van der Waals surface area contributed by atoms with Gasteiger partial charge in [0.1, 0.15) is 0 Å². The predicted octanol–water partition coefficient (Wildman–Crippen LogP) is 1.82. The topological polar surface area (TPSA) is 56.3 Å². The highest BCUT2D eigenvalue weighted by Crippen LogP contribution is 2.28. The van der Waals surface area contributed by atoms with Crippen molar-refractivity contribution in [1.82, 2.24) is 14.5 Å². The van der Waals surface area contributed by atoms with E-state index in [9.17, 15) is 0 Å². The Morgan fingerprint density at radius 1 is 1.50 bits per heavy atom. The lowest BCUT2D eigenvalue weighted by atomic mass is 10.2. The maximum Gasteiger partial charge on any atom is 0.0951 e. The van der Waals surface area contributed by atoms with Crippen LogP contribution < -0.4 is 5.73 Å². The highest BCUT2D eigenvalue weighted by molar-refractivity contribution is 5.07. The van der Waals surface area contributed by atoms with Gasteiger partial charge >= 0.3 is 0 Å². The molecule has 2 rings (SSSR count). The third kappa shape index (κ3) is 4.04. The quantitative estimate of drug-likeness (QED) is 0.701. The van der Waals surface area contributed by atoms with Crippen LogP contribution in [0, 0.1) is 5.92 Å². The molecule has 0 radical (unpaired) electrons. The van der Waals surface area contributed by atoms with E-state index in [0.29, 0.717) is 12.6 Å². The van der Waals surface area contributed by atoms with Crippen LogP contribution in [0.1, 0.15) is 44.5 Å². The smallest absolute Gasteiger partial charge is 0.0951 e. The molecule has 0 bridgehead atoms. The number of hydrogen-bond acceptors (Lipinski definition) is 4. The Morgan fingerprint density at radius 3 is 2.85 bits per heavy atom. The first kappa shape index (κ1) is 15.5. The van der Waals surface area contributed by atoms with Crippen LogP contribution in [0.15, 0.2) is 12.5 Å². The summed E-state index contributed by atoms with van der Waals surface area (Å²) in [6, 6.07) is 0.602. The van der Waals surface area contributed by atoms with E-state index in [1.165, 1.54) is 18.5 Å². The van der Waals surface area contributed by atoms with E-state index < -0.39 is 0 Å². The second-order valence-electron chi connectivity index (χ2n) is 6.07. The summed E-state index contributed by atoms with van der Waals surface area (Å²) >= 11 is 0. The van der Waals surface area contributed by atoms with E-state index in [2.05, 4.69) is 35.3 Å². The van der Waals surface area contributed by atoms with Crippen LogP contribution >= 0.6 is 0 Å². The zero-order valence-corrected chi connectivity index (χ0v) is 13.0. The molecule has 1 aliphatic carbocycles. The molecule has 1 aromatic heterocycles. The number of likely N-dealkylation sites (N-methyl/N-ethyl adjacent to an activating group) is 1. The Morgan fingerprint density at radius 2 is 2.25 bits per heavy atom. The SMILES string of the molecule is CC(C)n1cncc1C(CN)N(C)CCOCC1CC1. The molecule has 2 N–H and O–H groups in total. The second-order valence-corrected chi connectivity index (χ2v) is 6.07. The van der Waals surface area contributed by atoms with Gasteiger partial charge < -0.3 is 15.0 Å². The molecule has 1 heterocycles. The number of rotatable bonds is 9. The maximum atomic E-state index is 5.97. The largest absolute Gasteiger partial charge is 0.380 e. The molecule has 1 unspecified atom stereocenters. The maximum absolute atomic E-state index is 5.97. The second kappa shape index (κ2) is 7.20. The number of imidazole rings is 1. The summed E-state index contributed by atoms with van der Waals surface area (Å²) in [7, 11) is 2.11. The van der Waals surface area contributed by atoms with Gasteiger partial charge in [-0.25, -0.2) is 4.98 Å². The minimum absolute atomic E-state index is 0.199. The summed E-state index contributed by atoms with van der Waals surface area (Å²) < 4.78 is 7.91. The summed E-state index contributed by atoms with van der Waals surface area (Å²) in [6.45, 7) is 7.52. The normalized spacial score (nSPS) is 17.1. The summed E-state index contributed by atoms with van der Waals surface area (Å²) in [5, 5.41) is 0. The van der Waals surface area contributed by atoms with Crippen molar-refractivity contribution in [1.29, 1.82) is 0 Å². The van der Waals surface area contributed by atoms with Gasteiger partial charge in [-0.15, -0.1) is 0 Å². The van der Waals surface area contributed by atoms with Crippen LogP contribution in [0.3, 0.4) is 0 Å². The molecule has 1 saturated carbocycles. The van der Waals surface area contributed by atoms with Crippen LogP contribution in [0.5, 0.6) is 0 Å². The Labute approximate surface area is 122 Å². The molecule has 0 amide bonds. The van der Waals surface area contributed by atoms with E-state index in [4.69, 9.17) is 10.5 Å². The zero-order valence-electron chi connectivity index (χ0n) is 13.0. The fourth-order valence-electron chi connectivity index (χ4n) is 2.43. The lowest BCUT2D eigenvalue weighted by Crippen LogP contribution is -2.34. The van der Waals surface area contributed by atoms with Gasteiger partial charge in [0.15, 0.2) is 0 Å². The van der Waals surface area contributed by atoms with Gasteiger partial charge in [-0.2, -0.15) is 0 Å². The molecule has 0 aromatic carbocycles. The van der Waals surface area contributed by atoms with Crippen molar-refractivity contribution in [3.05, 3.63) is 18.2 Å². The van der Waals surface area contributed by atoms with Crippen molar-refractivity contribution in [3.63, 3.8) is 0 Å². The Kier molecular flexibility index (Phi) is 5.57. The van der Waals surface area contributed by atoms with E-state index in [-0.39, 0.29) is 6.04 Å². The van der Waals surface area contributed by atoms with Crippen LogP contribution in [-0.4, -0.2) is 47.8 Å². The van der Waals surface area contributed by atoms with Crippen LogP contribution in [0.4, 0.5) is 0 Å². The van der Waals surface area contributed by atoms with Crippen molar-refractivity contribution in [3.8, 4) is 0 Å². The molecular weight excluding hydrogens is 252 g/mol. The van der Waals surface area contributed by atoms with Crippen LogP contribution in [0.25, 0.3) is 0 Å². The minimum Gasteiger partial charge on any atom is -0.380 e. The standard InChI is InChI=1S/C15H28N4O/c1-12(2)19-11-17-9-15(19)14(8-16)18(3)6-7-20-10-13-4-5-13/h9,11-14H,4-8,10,16H2,1-3H3. The van der Waals surface area contributed by atoms with E-state index in [1.54, 1.807) is 0 Å². The molecule has 20 heavy (non-hydrogen) atoms. The average molecular weight is 280 g/mol. The van der Waals surface area contributed by atoms with E-state index >= 15 is 0 Å². The van der Waals surface area contributed by atoms with Crippen molar-refractivity contribution in [2.45, 2.75) is 38.8 Å². The van der Waals surface area contributed by atoms with Gasteiger partial charge in [0, 0.05) is 31.9 Å². The molecule has 1 aromatic rings. The molecule has 0 saturated heterocycles. The summed E-state index contributed by atoms with van der Waals surface area (Å²) in [6.07, 6.45) is 6.50. The van der Waals surface area contributed by atoms with Crippen molar-refractivity contribution in [2.24, 2.45) is 11.7 Å². The third-order valence-corrected chi connectivity index (χ3v) is 3.99. The molecule has 5 heteroatoms. The zero-order chi connectivity index (χ0) is 14.5. The Bertz CT molecular complexity index is 400. The lowest BCUT2D eigenvalue weighted by molar-refractivity contribution is 0.0909. The van der Waals surface area contributed by atoms with Gasteiger partial charge in [0.2, 0.25) is 0 Å².